The smallest absolute Gasteiger partial charge is 0.329 e. The van der Waals surface area contributed by atoms with Crippen LogP contribution in [0.4, 0.5) is 0 Å². The minimum atomic E-state index is -1.10. The lowest BCUT2D eigenvalue weighted by Gasteiger charge is -2.23. The van der Waals surface area contributed by atoms with Crippen LogP contribution in [-0.4, -0.2) is 45.0 Å². The van der Waals surface area contributed by atoms with Crippen LogP contribution in [0.15, 0.2) is 0 Å². The molecule has 6 nitrogen and oxygen atoms in total. The number of carbonyl (C=O) groups is 3. The number of hydrogen-bond acceptors (Lipinski definition) is 3. The van der Waals surface area contributed by atoms with Crippen molar-refractivity contribution in [2.24, 2.45) is 5.92 Å². The van der Waals surface area contributed by atoms with Crippen molar-refractivity contribution in [3.63, 3.8) is 0 Å². The number of likely N-dealkylation sites (tertiary alicyclic amines) is 1. The van der Waals surface area contributed by atoms with Crippen LogP contribution in [0, 0.1) is 5.92 Å². The lowest BCUT2D eigenvalue weighted by atomic mass is 10.1. The topological polar surface area (TPSA) is 94.9 Å². The van der Waals surface area contributed by atoms with E-state index >= 15 is 0 Å². The predicted molar refractivity (Wildman–Crippen MR) is 47.1 cm³/mol. The maximum Gasteiger partial charge on any atom is 0.329 e. The molecule has 15 heavy (non-hydrogen) atoms. The number of carbonyl (C=O) groups excluding carboxylic acids is 1. The molecule has 1 saturated carbocycles. The molecule has 2 aliphatic rings. The molecule has 0 spiro atoms. The zero-order chi connectivity index (χ0) is 11.2. The molecule has 1 saturated heterocycles. The number of nitrogens with zero attached hydrogens (tertiary/aromatic N) is 1. The molecular formula is C9H11NO5. The van der Waals surface area contributed by atoms with E-state index in [0.717, 1.165) is 0 Å². The summed E-state index contributed by atoms with van der Waals surface area (Å²) in [6.45, 7) is 0.0282. The summed E-state index contributed by atoms with van der Waals surface area (Å²) in [5.41, 5.74) is -1.10. The Labute approximate surface area is 85.5 Å². The van der Waals surface area contributed by atoms with Crippen LogP contribution in [-0.2, 0) is 14.4 Å². The van der Waals surface area contributed by atoms with Crippen LogP contribution in [0.3, 0.4) is 0 Å². The quantitative estimate of drug-likeness (QED) is 0.661. The first kappa shape index (κ1) is 9.95. The summed E-state index contributed by atoms with van der Waals surface area (Å²) in [6.07, 6.45) is 0.783. The summed E-state index contributed by atoms with van der Waals surface area (Å²) in [4.78, 5) is 34.3. The van der Waals surface area contributed by atoms with E-state index in [-0.39, 0.29) is 18.9 Å². The van der Waals surface area contributed by atoms with Gasteiger partial charge in [0.1, 0.15) is 5.54 Å². The lowest BCUT2D eigenvalue weighted by molar-refractivity contribution is -0.150. The number of carboxylic acids is 2. The van der Waals surface area contributed by atoms with Gasteiger partial charge in [0.2, 0.25) is 5.91 Å². The van der Waals surface area contributed by atoms with Crippen molar-refractivity contribution in [3.8, 4) is 0 Å². The second-order valence-electron chi connectivity index (χ2n) is 4.08. The first-order valence-electron chi connectivity index (χ1n) is 4.74. The molecule has 0 bridgehead atoms. The maximum atomic E-state index is 11.5. The summed E-state index contributed by atoms with van der Waals surface area (Å²) >= 11 is 0. The lowest BCUT2D eigenvalue weighted by Crippen LogP contribution is -2.44. The van der Waals surface area contributed by atoms with Gasteiger partial charge in [0.05, 0.1) is 5.92 Å². The molecule has 0 aromatic heterocycles. The monoisotopic (exact) mass is 213 g/mol. The maximum absolute atomic E-state index is 11.5. The number of carboxylic acid groups (broad SMARTS) is 2. The van der Waals surface area contributed by atoms with Crippen molar-refractivity contribution < 1.29 is 24.6 Å². The Morgan fingerprint density at radius 3 is 2.27 bits per heavy atom. The Hall–Kier alpha value is -1.59. The van der Waals surface area contributed by atoms with Gasteiger partial charge >= 0.3 is 11.9 Å². The molecule has 1 aliphatic carbocycles. The Kier molecular flexibility index (Phi) is 1.95. The van der Waals surface area contributed by atoms with Gasteiger partial charge in [0.15, 0.2) is 0 Å². The standard InChI is InChI=1S/C9H11NO5/c11-6-3-5(7(12)13)4-10(6)9(1-2-9)8(14)15/h5H,1-4H2,(H,12,13)(H,14,15). The molecule has 0 radical (unpaired) electrons. The van der Waals surface area contributed by atoms with Gasteiger partial charge in [-0.3, -0.25) is 9.59 Å². The molecule has 1 unspecified atom stereocenters. The van der Waals surface area contributed by atoms with Crippen LogP contribution in [0.2, 0.25) is 0 Å². The molecule has 1 atom stereocenters. The van der Waals surface area contributed by atoms with Crippen molar-refractivity contribution in [3.05, 3.63) is 0 Å². The van der Waals surface area contributed by atoms with Gasteiger partial charge in [0, 0.05) is 13.0 Å². The third kappa shape index (κ3) is 1.36. The SMILES string of the molecule is O=C(O)C1CC(=O)N(C2(C(=O)O)CC2)C1. The minimum absolute atomic E-state index is 0.0282. The zero-order valence-corrected chi connectivity index (χ0v) is 7.97. The van der Waals surface area contributed by atoms with E-state index in [4.69, 9.17) is 10.2 Å². The Balaban J connectivity index is 2.16. The average Bonchev–Trinajstić information content (AvgIpc) is 2.85. The van der Waals surface area contributed by atoms with E-state index in [0.29, 0.717) is 12.8 Å². The van der Waals surface area contributed by atoms with Crippen LogP contribution in [0.5, 0.6) is 0 Å². The fourth-order valence-corrected chi connectivity index (χ4v) is 2.00. The first-order valence-corrected chi connectivity index (χ1v) is 4.74. The highest BCUT2D eigenvalue weighted by Crippen LogP contribution is 2.44. The van der Waals surface area contributed by atoms with Crippen molar-refractivity contribution in [1.82, 2.24) is 4.90 Å². The highest BCUT2D eigenvalue weighted by Gasteiger charge is 2.59. The van der Waals surface area contributed by atoms with Gasteiger partial charge in [-0.05, 0) is 12.8 Å². The van der Waals surface area contributed by atoms with Crippen LogP contribution in [0.1, 0.15) is 19.3 Å². The van der Waals surface area contributed by atoms with Gasteiger partial charge in [-0.2, -0.15) is 0 Å². The van der Waals surface area contributed by atoms with E-state index in [9.17, 15) is 14.4 Å². The fourth-order valence-electron chi connectivity index (χ4n) is 2.00. The highest BCUT2D eigenvalue weighted by atomic mass is 16.4. The summed E-state index contributed by atoms with van der Waals surface area (Å²) in [6, 6.07) is 0. The summed E-state index contributed by atoms with van der Waals surface area (Å²) < 4.78 is 0. The van der Waals surface area contributed by atoms with Crippen molar-refractivity contribution >= 4 is 17.8 Å². The molecular weight excluding hydrogens is 202 g/mol. The summed E-state index contributed by atoms with van der Waals surface area (Å²) in [7, 11) is 0. The first-order chi connectivity index (χ1) is 6.97. The molecule has 2 fully saturated rings. The third-order valence-electron chi connectivity index (χ3n) is 3.11. The average molecular weight is 213 g/mol. The predicted octanol–water partition coefficient (Wildman–Crippen LogP) is -0.463. The van der Waals surface area contributed by atoms with E-state index in [1.807, 2.05) is 0 Å². The van der Waals surface area contributed by atoms with Gasteiger partial charge < -0.3 is 15.1 Å². The van der Waals surface area contributed by atoms with Crippen molar-refractivity contribution in [2.45, 2.75) is 24.8 Å². The van der Waals surface area contributed by atoms with Gasteiger partial charge in [-0.15, -0.1) is 0 Å². The largest absolute Gasteiger partial charge is 0.481 e. The van der Waals surface area contributed by atoms with Crippen molar-refractivity contribution in [1.29, 1.82) is 0 Å². The second kappa shape index (κ2) is 2.95. The fraction of sp³-hybridized carbons (Fsp3) is 0.667. The molecule has 2 N–H and O–H groups in total. The Morgan fingerprint density at radius 1 is 1.33 bits per heavy atom. The molecule has 1 aliphatic heterocycles. The van der Waals surface area contributed by atoms with E-state index in [1.165, 1.54) is 4.90 Å². The molecule has 2 rings (SSSR count). The minimum Gasteiger partial charge on any atom is -0.481 e. The van der Waals surface area contributed by atoms with E-state index in [1.54, 1.807) is 0 Å². The Bertz CT molecular complexity index is 346. The molecule has 1 heterocycles. The highest BCUT2D eigenvalue weighted by molar-refractivity contribution is 5.93. The molecule has 82 valence electrons. The van der Waals surface area contributed by atoms with Crippen LogP contribution >= 0.6 is 0 Å². The number of aliphatic carboxylic acids is 2. The molecule has 6 heteroatoms. The molecule has 0 aromatic rings. The van der Waals surface area contributed by atoms with Gasteiger partial charge in [-0.1, -0.05) is 0 Å². The molecule has 1 amide bonds. The van der Waals surface area contributed by atoms with E-state index in [2.05, 4.69) is 0 Å². The van der Waals surface area contributed by atoms with Gasteiger partial charge in [0.25, 0.3) is 0 Å². The van der Waals surface area contributed by atoms with Crippen LogP contribution in [0.25, 0.3) is 0 Å². The van der Waals surface area contributed by atoms with Crippen molar-refractivity contribution in [2.75, 3.05) is 6.54 Å². The van der Waals surface area contributed by atoms with E-state index < -0.39 is 23.4 Å². The number of hydrogen-bond donors (Lipinski definition) is 2. The Morgan fingerprint density at radius 2 is 1.93 bits per heavy atom. The summed E-state index contributed by atoms with van der Waals surface area (Å²) in [5.74, 6) is -3.18. The van der Waals surface area contributed by atoms with Gasteiger partial charge in [-0.25, -0.2) is 4.79 Å². The van der Waals surface area contributed by atoms with Crippen LogP contribution < -0.4 is 0 Å². The summed E-state index contributed by atoms with van der Waals surface area (Å²) in [5, 5.41) is 17.7. The number of rotatable bonds is 3. The third-order valence-corrected chi connectivity index (χ3v) is 3.11. The zero-order valence-electron chi connectivity index (χ0n) is 7.97. The second-order valence-corrected chi connectivity index (χ2v) is 4.08. The normalized spacial score (nSPS) is 27.9. The molecule has 0 aromatic carbocycles. The number of amides is 1.